The number of hydrogen-bond donors (Lipinski definition) is 0. The fraction of sp³-hybridized carbons (Fsp3) is 0.476. The first-order valence-corrected chi connectivity index (χ1v) is 9.29. The summed E-state index contributed by atoms with van der Waals surface area (Å²) in [6.45, 7) is 4.91. The van der Waals surface area contributed by atoms with Gasteiger partial charge in [-0.3, -0.25) is 9.69 Å². The van der Waals surface area contributed by atoms with Crippen molar-refractivity contribution >= 4 is 16.7 Å². The fourth-order valence-corrected chi connectivity index (χ4v) is 4.27. The number of likely N-dealkylation sites (tertiary alicyclic amines) is 2. The van der Waals surface area contributed by atoms with Crippen molar-refractivity contribution in [3.8, 4) is 0 Å². The van der Waals surface area contributed by atoms with Crippen LogP contribution in [-0.2, 0) is 11.3 Å². The molecule has 3 nitrogen and oxygen atoms in total. The molecule has 1 atom stereocenters. The molecule has 2 saturated heterocycles. The summed E-state index contributed by atoms with van der Waals surface area (Å²) in [6, 6.07) is 15.1. The highest BCUT2D eigenvalue weighted by molar-refractivity contribution is 5.85. The lowest BCUT2D eigenvalue weighted by atomic mass is 9.95. The van der Waals surface area contributed by atoms with Crippen molar-refractivity contribution in [3.63, 3.8) is 0 Å². The summed E-state index contributed by atoms with van der Waals surface area (Å²) >= 11 is 0. The van der Waals surface area contributed by atoms with Crippen molar-refractivity contribution in [2.24, 2.45) is 5.92 Å². The summed E-state index contributed by atoms with van der Waals surface area (Å²) < 4.78 is 0. The first kappa shape index (κ1) is 15.6. The van der Waals surface area contributed by atoms with Crippen LogP contribution in [0.5, 0.6) is 0 Å². The molecule has 0 spiro atoms. The van der Waals surface area contributed by atoms with E-state index in [1.54, 1.807) is 0 Å². The molecular formula is C21H26N2O. The molecule has 0 saturated carbocycles. The van der Waals surface area contributed by atoms with Crippen molar-refractivity contribution in [2.45, 2.75) is 32.2 Å². The van der Waals surface area contributed by atoms with Crippen LogP contribution in [0.15, 0.2) is 42.5 Å². The normalized spacial score (nSPS) is 22.2. The summed E-state index contributed by atoms with van der Waals surface area (Å²) in [5, 5.41) is 2.64. The van der Waals surface area contributed by atoms with Crippen molar-refractivity contribution in [3.05, 3.63) is 48.0 Å². The van der Waals surface area contributed by atoms with Crippen LogP contribution in [0, 0.1) is 5.92 Å². The SMILES string of the molecule is O=C(C1CCCN(Cc2cccc3ccccc23)C1)N1CCCC1. The van der Waals surface area contributed by atoms with Crippen LogP contribution in [0.4, 0.5) is 0 Å². The third-order valence-electron chi connectivity index (χ3n) is 5.55. The zero-order valence-corrected chi connectivity index (χ0v) is 14.3. The largest absolute Gasteiger partial charge is 0.342 e. The Bertz CT molecular complexity index is 715. The molecule has 2 aromatic carbocycles. The Hall–Kier alpha value is -1.87. The lowest BCUT2D eigenvalue weighted by molar-refractivity contribution is -0.136. The number of amides is 1. The molecule has 0 aromatic heterocycles. The van der Waals surface area contributed by atoms with Crippen molar-refractivity contribution in [1.29, 1.82) is 0 Å². The van der Waals surface area contributed by atoms with Gasteiger partial charge in [0.15, 0.2) is 0 Å². The van der Waals surface area contributed by atoms with Crippen LogP contribution in [0.1, 0.15) is 31.2 Å². The maximum absolute atomic E-state index is 12.7. The van der Waals surface area contributed by atoms with E-state index >= 15 is 0 Å². The van der Waals surface area contributed by atoms with Gasteiger partial charge < -0.3 is 4.90 Å². The Labute approximate surface area is 144 Å². The molecule has 2 heterocycles. The van der Waals surface area contributed by atoms with Gasteiger partial charge >= 0.3 is 0 Å². The predicted octanol–water partition coefficient (Wildman–Crippen LogP) is 3.67. The number of benzene rings is 2. The minimum Gasteiger partial charge on any atom is -0.342 e. The highest BCUT2D eigenvalue weighted by Crippen LogP contribution is 2.25. The summed E-state index contributed by atoms with van der Waals surface area (Å²) in [6.07, 6.45) is 4.55. The average molecular weight is 322 g/mol. The highest BCUT2D eigenvalue weighted by Gasteiger charge is 2.30. The quantitative estimate of drug-likeness (QED) is 0.861. The zero-order valence-electron chi connectivity index (χ0n) is 14.3. The van der Waals surface area contributed by atoms with E-state index in [0.717, 1.165) is 45.6 Å². The van der Waals surface area contributed by atoms with Gasteiger partial charge in [-0.25, -0.2) is 0 Å². The van der Waals surface area contributed by atoms with Gasteiger partial charge in [-0.1, -0.05) is 42.5 Å². The van der Waals surface area contributed by atoms with Gasteiger partial charge in [-0.2, -0.15) is 0 Å². The summed E-state index contributed by atoms with van der Waals surface area (Å²) in [4.78, 5) is 17.3. The van der Waals surface area contributed by atoms with Crippen LogP contribution in [0.3, 0.4) is 0 Å². The van der Waals surface area contributed by atoms with Crippen LogP contribution in [0.2, 0.25) is 0 Å². The highest BCUT2D eigenvalue weighted by atomic mass is 16.2. The Morgan fingerprint density at radius 3 is 2.62 bits per heavy atom. The molecule has 3 heteroatoms. The third-order valence-corrected chi connectivity index (χ3v) is 5.55. The van der Waals surface area contributed by atoms with Crippen LogP contribution in [-0.4, -0.2) is 41.9 Å². The van der Waals surface area contributed by atoms with Gasteiger partial charge in [0.1, 0.15) is 0 Å². The number of nitrogens with zero attached hydrogens (tertiary/aromatic N) is 2. The topological polar surface area (TPSA) is 23.6 Å². The number of piperidine rings is 1. The van der Waals surface area contributed by atoms with Crippen molar-refractivity contribution in [2.75, 3.05) is 26.2 Å². The van der Waals surface area contributed by atoms with Gasteiger partial charge in [0, 0.05) is 26.2 Å². The number of fused-ring (bicyclic) bond motifs is 1. The molecule has 2 aliphatic rings. The second kappa shape index (κ2) is 6.94. The Kier molecular flexibility index (Phi) is 4.52. The maximum Gasteiger partial charge on any atom is 0.226 e. The van der Waals surface area contributed by atoms with Gasteiger partial charge in [0.05, 0.1) is 5.92 Å². The molecule has 0 radical (unpaired) electrons. The Morgan fingerprint density at radius 2 is 1.75 bits per heavy atom. The molecular weight excluding hydrogens is 296 g/mol. The van der Waals surface area contributed by atoms with E-state index in [4.69, 9.17) is 0 Å². The molecule has 2 fully saturated rings. The van der Waals surface area contributed by atoms with E-state index in [9.17, 15) is 4.79 Å². The summed E-state index contributed by atoms with van der Waals surface area (Å²) in [5.74, 6) is 0.599. The molecule has 4 rings (SSSR count). The van der Waals surface area contributed by atoms with E-state index in [2.05, 4.69) is 52.3 Å². The third kappa shape index (κ3) is 3.18. The first-order chi connectivity index (χ1) is 11.8. The first-order valence-electron chi connectivity index (χ1n) is 9.29. The smallest absolute Gasteiger partial charge is 0.226 e. The standard InChI is InChI=1S/C21H26N2O/c24-21(23-13-3-4-14-23)19-10-6-12-22(16-19)15-18-9-5-8-17-7-1-2-11-20(17)18/h1-2,5,7-9,11,19H,3-4,6,10,12-16H2. The molecule has 2 aromatic rings. The second-order valence-electron chi connectivity index (χ2n) is 7.24. The summed E-state index contributed by atoms with van der Waals surface area (Å²) in [5.41, 5.74) is 1.38. The second-order valence-corrected chi connectivity index (χ2v) is 7.24. The molecule has 1 unspecified atom stereocenters. The lowest BCUT2D eigenvalue weighted by Crippen LogP contribution is -2.43. The van der Waals surface area contributed by atoms with E-state index in [0.29, 0.717) is 5.91 Å². The van der Waals surface area contributed by atoms with E-state index < -0.39 is 0 Å². The average Bonchev–Trinajstić information content (AvgIpc) is 3.16. The molecule has 0 bridgehead atoms. The molecule has 2 aliphatic heterocycles. The van der Waals surface area contributed by atoms with E-state index in [-0.39, 0.29) is 5.92 Å². The van der Waals surface area contributed by atoms with Gasteiger partial charge in [-0.05, 0) is 48.6 Å². The number of hydrogen-bond acceptors (Lipinski definition) is 2. The molecule has 1 amide bonds. The lowest BCUT2D eigenvalue weighted by Gasteiger charge is -2.34. The fourth-order valence-electron chi connectivity index (χ4n) is 4.27. The maximum atomic E-state index is 12.7. The van der Waals surface area contributed by atoms with Gasteiger partial charge in [0.2, 0.25) is 5.91 Å². The molecule has 24 heavy (non-hydrogen) atoms. The Morgan fingerprint density at radius 1 is 0.958 bits per heavy atom. The van der Waals surface area contributed by atoms with Gasteiger partial charge in [0.25, 0.3) is 0 Å². The Balaban J connectivity index is 1.47. The molecule has 126 valence electrons. The van der Waals surface area contributed by atoms with Crippen LogP contribution >= 0.6 is 0 Å². The van der Waals surface area contributed by atoms with Gasteiger partial charge in [-0.15, -0.1) is 0 Å². The van der Waals surface area contributed by atoms with Crippen LogP contribution in [0.25, 0.3) is 10.8 Å². The number of rotatable bonds is 3. The van der Waals surface area contributed by atoms with Crippen molar-refractivity contribution in [1.82, 2.24) is 9.80 Å². The number of carbonyl (C=O) groups is 1. The monoisotopic (exact) mass is 322 g/mol. The predicted molar refractivity (Wildman–Crippen MR) is 97.8 cm³/mol. The van der Waals surface area contributed by atoms with E-state index in [1.807, 2.05) is 0 Å². The minimum atomic E-state index is 0.201. The minimum absolute atomic E-state index is 0.201. The zero-order chi connectivity index (χ0) is 16.4. The van der Waals surface area contributed by atoms with Crippen molar-refractivity contribution < 1.29 is 4.79 Å². The molecule has 0 N–H and O–H groups in total. The van der Waals surface area contributed by atoms with E-state index in [1.165, 1.54) is 29.2 Å². The molecule has 0 aliphatic carbocycles. The van der Waals surface area contributed by atoms with Crippen LogP contribution < -0.4 is 0 Å². The summed E-state index contributed by atoms with van der Waals surface area (Å²) in [7, 11) is 0. The number of carbonyl (C=O) groups excluding carboxylic acids is 1.